The molecule has 1 N–H and O–H groups in total. The van der Waals surface area contributed by atoms with Gasteiger partial charge < -0.3 is 10.1 Å². The summed E-state index contributed by atoms with van der Waals surface area (Å²) in [5.41, 5.74) is 0.657. The number of anilines is 1. The maximum atomic E-state index is 11.8. The first-order chi connectivity index (χ1) is 10.3. The lowest BCUT2D eigenvalue weighted by Gasteiger charge is -2.08. The molecule has 0 saturated heterocycles. The molecule has 104 valence electrons. The largest absolute Gasteiger partial charge is 0.484 e. The van der Waals surface area contributed by atoms with Gasteiger partial charge in [-0.3, -0.25) is 9.78 Å². The third kappa shape index (κ3) is 3.36. The van der Waals surface area contributed by atoms with Gasteiger partial charge in [-0.2, -0.15) is 0 Å². The van der Waals surface area contributed by atoms with E-state index in [1.54, 1.807) is 24.5 Å². The van der Waals surface area contributed by atoms with E-state index in [0.29, 0.717) is 11.4 Å². The minimum absolute atomic E-state index is 0.0345. The average Bonchev–Trinajstić information content (AvgIpc) is 2.54. The quantitative estimate of drug-likeness (QED) is 0.797. The van der Waals surface area contributed by atoms with Gasteiger partial charge in [-0.15, -0.1) is 0 Å². The molecule has 0 aliphatic heterocycles. The highest BCUT2D eigenvalue weighted by Crippen LogP contribution is 2.20. The van der Waals surface area contributed by atoms with Crippen LogP contribution in [0.5, 0.6) is 5.75 Å². The van der Waals surface area contributed by atoms with Crippen molar-refractivity contribution in [2.75, 3.05) is 11.9 Å². The summed E-state index contributed by atoms with van der Waals surface area (Å²) in [6, 6.07) is 17.3. The maximum Gasteiger partial charge on any atom is 0.262 e. The van der Waals surface area contributed by atoms with Crippen LogP contribution in [0.4, 0.5) is 5.69 Å². The molecule has 1 amide bonds. The highest BCUT2D eigenvalue weighted by Gasteiger charge is 2.04. The molecule has 0 bridgehead atoms. The summed E-state index contributed by atoms with van der Waals surface area (Å²) in [5, 5.41) is 4.95. The van der Waals surface area contributed by atoms with Gasteiger partial charge >= 0.3 is 0 Å². The summed E-state index contributed by atoms with van der Waals surface area (Å²) in [6.07, 6.45) is 3.25. The molecular weight excluding hydrogens is 264 g/mol. The topological polar surface area (TPSA) is 51.2 Å². The average molecular weight is 278 g/mol. The SMILES string of the molecule is O=C(COc1ccc2ccccc2c1)Nc1cccnc1. The summed E-state index contributed by atoms with van der Waals surface area (Å²) >= 11 is 0. The number of ether oxygens (including phenoxy) is 1. The Labute approximate surface area is 122 Å². The van der Waals surface area contributed by atoms with Crippen LogP contribution in [0.1, 0.15) is 0 Å². The van der Waals surface area contributed by atoms with Crippen molar-refractivity contribution in [2.24, 2.45) is 0 Å². The monoisotopic (exact) mass is 278 g/mol. The normalized spacial score (nSPS) is 10.3. The predicted molar refractivity (Wildman–Crippen MR) is 82.3 cm³/mol. The number of aromatic nitrogens is 1. The van der Waals surface area contributed by atoms with Gasteiger partial charge in [-0.05, 0) is 35.0 Å². The number of carbonyl (C=O) groups is 1. The summed E-state index contributed by atoms with van der Waals surface area (Å²) in [6.45, 7) is -0.0345. The number of fused-ring (bicyclic) bond motifs is 1. The zero-order chi connectivity index (χ0) is 14.5. The lowest BCUT2D eigenvalue weighted by Crippen LogP contribution is -2.20. The molecule has 0 fully saturated rings. The Morgan fingerprint density at radius 2 is 1.90 bits per heavy atom. The molecular formula is C17H14N2O2. The fraction of sp³-hybridized carbons (Fsp3) is 0.0588. The van der Waals surface area contributed by atoms with Crippen LogP contribution in [0.2, 0.25) is 0 Å². The van der Waals surface area contributed by atoms with Gasteiger partial charge in [0.15, 0.2) is 6.61 Å². The Morgan fingerprint density at radius 1 is 1.05 bits per heavy atom. The van der Waals surface area contributed by atoms with Crippen LogP contribution in [0.15, 0.2) is 67.0 Å². The molecule has 0 unspecified atom stereocenters. The molecule has 3 aromatic rings. The molecule has 21 heavy (non-hydrogen) atoms. The third-order valence-electron chi connectivity index (χ3n) is 3.04. The lowest BCUT2D eigenvalue weighted by atomic mass is 10.1. The van der Waals surface area contributed by atoms with Gasteiger partial charge in [0.2, 0.25) is 0 Å². The predicted octanol–water partition coefficient (Wildman–Crippen LogP) is 3.25. The summed E-state index contributed by atoms with van der Waals surface area (Å²) < 4.78 is 5.52. The van der Waals surface area contributed by atoms with Gasteiger partial charge in [-0.1, -0.05) is 30.3 Å². The number of hydrogen-bond acceptors (Lipinski definition) is 3. The van der Waals surface area contributed by atoms with Crippen molar-refractivity contribution in [1.29, 1.82) is 0 Å². The van der Waals surface area contributed by atoms with Crippen LogP contribution in [0.25, 0.3) is 10.8 Å². The molecule has 0 aliphatic carbocycles. The van der Waals surface area contributed by atoms with Crippen molar-refractivity contribution in [2.45, 2.75) is 0 Å². The number of carbonyl (C=O) groups excluding carboxylic acids is 1. The van der Waals surface area contributed by atoms with E-state index >= 15 is 0 Å². The smallest absolute Gasteiger partial charge is 0.262 e. The second kappa shape index (κ2) is 6.05. The van der Waals surface area contributed by atoms with E-state index in [0.717, 1.165) is 10.8 Å². The highest BCUT2D eigenvalue weighted by molar-refractivity contribution is 5.91. The van der Waals surface area contributed by atoms with E-state index in [1.165, 1.54) is 0 Å². The molecule has 4 heteroatoms. The van der Waals surface area contributed by atoms with E-state index in [1.807, 2.05) is 42.5 Å². The minimum Gasteiger partial charge on any atom is -0.484 e. The Bertz CT molecular complexity index is 757. The zero-order valence-electron chi connectivity index (χ0n) is 11.3. The number of rotatable bonds is 4. The van der Waals surface area contributed by atoms with Crippen molar-refractivity contribution in [3.8, 4) is 5.75 Å². The first kappa shape index (κ1) is 13.1. The van der Waals surface area contributed by atoms with Crippen LogP contribution in [0, 0.1) is 0 Å². The lowest BCUT2D eigenvalue weighted by molar-refractivity contribution is -0.118. The molecule has 0 spiro atoms. The highest BCUT2D eigenvalue weighted by atomic mass is 16.5. The molecule has 1 heterocycles. The van der Waals surface area contributed by atoms with Crippen molar-refractivity contribution < 1.29 is 9.53 Å². The second-order valence-corrected chi connectivity index (χ2v) is 4.59. The summed E-state index contributed by atoms with van der Waals surface area (Å²) in [4.78, 5) is 15.7. The van der Waals surface area contributed by atoms with Crippen LogP contribution >= 0.6 is 0 Å². The zero-order valence-corrected chi connectivity index (χ0v) is 11.3. The standard InChI is InChI=1S/C17H14N2O2/c20-17(19-15-6-3-9-18-11-15)12-21-16-8-7-13-4-1-2-5-14(13)10-16/h1-11H,12H2,(H,19,20). The maximum absolute atomic E-state index is 11.8. The first-order valence-electron chi connectivity index (χ1n) is 6.63. The molecule has 2 aromatic carbocycles. The van der Waals surface area contributed by atoms with Crippen molar-refractivity contribution in [1.82, 2.24) is 4.98 Å². The Hall–Kier alpha value is -2.88. The first-order valence-corrected chi connectivity index (χ1v) is 6.63. The molecule has 4 nitrogen and oxygen atoms in total. The van der Waals surface area contributed by atoms with Crippen LogP contribution in [0.3, 0.4) is 0 Å². The molecule has 0 radical (unpaired) electrons. The number of benzene rings is 2. The van der Waals surface area contributed by atoms with E-state index in [-0.39, 0.29) is 12.5 Å². The van der Waals surface area contributed by atoms with Crippen molar-refractivity contribution in [3.63, 3.8) is 0 Å². The van der Waals surface area contributed by atoms with Crippen molar-refractivity contribution >= 4 is 22.4 Å². The molecule has 1 aromatic heterocycles. The van der Waals surface area contributed by atoms with Gasteiger partial charge in [0.05, 0.1) is 11.9 Å². The third-order valence-corrected chi connectivity index (χ3v) is 3.04. The molecule has 0 aliphatic rings. The Balaban J connectivity index is 1.62. The molecule has 3 rings (SSSR count). The Morgan fingerprint density at radius 3 is 2.71 bits per heavy atom. The van der Waals surface area contributed by atoms with Crippen LogP contribution in [-0.2, 0) is 4.79 Å². The molecule has 0 atom stereocenters. The number of nitrogens with zero attached hydrogens (tertiary/aromatic N) is 1. The minimum atomic E-state index is -0.212. The van der Waals surface area contributed by atoms with E-state index in [2.05, 4.69) is 10.3 Å². The summed E-state index contributed by atoms with van der Waals surface area (Å²) in [7, 11) is 0. The van der Waals surface area contributed by atoms with Crippen molar-refractivity contribution in [3.05, 3.63) is 67.0 Å². The number of hydrogen-bond donors (Lipinski definition) is 1. The summed E-state index contributed by atoms with van der Waals surface area (Å²) in [5.74, 6) is 0.464. The van der Waals surface area contributed by atoms with Crippen LogP contribution in [-0.4, -0.2) is 17.5 Å². The van der Waals surface area contributed by atoms with Gasteiger partial charge in [0, 0.05) is 6.20 Å². The van der Waals surface area contributed by atoms with Gasteiger partial charge in [-0.25, -0.2) is 0 Å². The Kier molecular flexibility index (Phi) is 3.78. The van der Waals surface area contributed by atoms with E-state index in [4.69, 9.17) is 4.74 Å². The number of nitrogens with one attached hydrogen (secondary N) is 1. The second-order valence-electron chi connectivity index (χ2n) is 4.59. The van der Waals surface area contributed by atoms with Gasteiger partial charge in [0.1, 0.15) is 5.75 Å². The van der Waals surface area contributed by atoms with Crippen LogP contribution < -0.4 is 10.1 Å². The number of pyridine rings is 1. The fourth-order valence-corrected chi connectivity index (χ4v) is 2.04. The number of amides is 1. The fourth-order valence-electron chi connectivity index (χ4n) is 2.04. The van der Waals surface area contributed by atoms with E-state index in [9.17, 15) is 4.79 Å². The van der Waals surface area contributed by atoms with Gasteiger partial charge in [0.25, 0.3) is 5.91 Å². The molecule has 0 saturated carbocycles. The van der Waals surface area contributed by atoms with E-state index < -0.39 is 0 Å².